The molecule has 1 saturated heterocycles. The van der Waals surface area contributed by atoms with Crippen molar-refractivity contribution in [3.05, 3.63) is 24.3 Å². The van der Waals surface area contributed by atoms with Crippen molar-refractivity contribution < 1.29 is 9.53 Å². The number of carbonyl (C=O) groups excluding carboxylic acids is 1. The lowest BCUT2D eigenvalue weighted by atomic mass is 10.2. The number of nitrogens with zero attached hydrogens (tertiary/aromatic N) is 3. The highest BCUT2D eigenvalue weighted by atomic mass is 16.5. The number of aliphatic imine (C=N–C) groups is 1. The van der Waals surface area contributed by atoms with Gasteiger partial charge in [0.05, 0.1) is 12.8 Å². The number of methoxy groups -OCH3 is 1. The molecule has 2 N–H and O–H groups in total. The summed E-state index contributed by atoms with van der Waals surface area (Å²) < 4.78 is 5.48. The van der Waals surface area contributed by atoms with Crippen LogP contribution in [0.25, 0.3) is 0 Å². The third kappa shape index (κ3) is 5.52. The highest BCUT2D eigenvalue weighted by Crippen LogP contribution is 2.28. The van der Waals surface area contributed by atoms with Gasteiger partial charge < -0.3 is 25.2 Å². The van der Waals surface area contributed by atoms with Crippen molar-refractivity contribution >= 4 is 17.6 Å². The summed E-state index contributed by atoms with van der Waals surface area (Å²) >= 11 is 0. The van der Waals surface area contributed by atoms with Crippen molar-refractivity contribution in [1.82, 2.24) is 15.5 Å². The van der Waals surface area contributed by atoms with Gasteiger partial charge in [-0.1, -0.05) is 12.1 Å². The Morgan fingerprint density at radius 3 is 2.63 bits per heavy atom. The van der Waals surface area contributed by atoms with Crippen molar-refractivity contribution in [1.29, 1.82) is 0 Å². The van der Waals surface area contributed by atoms with Gasteiger partial charge in [0.1, 0.15) is 5.75 Å². The van der Waals surface area contributed by atoms with E-state index in [1.807, 2.05) is 25.2 Å². The number of piperazine rings is 1. The maximum absolute atomic E-state index is 11.7. The van der Waals surface area contributed by atoms with E-state index in [9.17, 15) is 4.79 Å². The fourth-order valence-corrected chi connectivity index (χ4v) is 3.36. The van der Waals surface area contributed by atoms with E-state index < -0.39 is 0 Å². The monoisotopic (exact) mass is 373 g/mol. The SMILES string of the molecule is CN=C(NCCCC(=O)NC1CC1)N1CCN(c2ccccc2OC)CC1. The molecule has 0 aromatic heterocycles. The maximum Gasteiger partial charge on any atom is 0.220 e. The molecule has 1 aromatic rings. The number of hydrogen-bond acceptors (Lipinski definition) is 4. The summed E-state index contributed by atoms with van der Waals surface area (Å²) in [5.41, 5.74) is 1.14. The van der Waals surface area contributed by atoms with Crippen LogP contribution in [0.4, 0.5) is 5.69 Å². The summed E-state index contributed by atoms with van der Waals surface area (Å²) in [6.45, 7) is 4.41. The summed E-state index contributed by atoms with van der Waals surface area (Å²) in [6, 6.07) is 8.59. The first-order chi connectivity index (χ1) is 13.2. The van der Waals surface area contributed by atoms with Gasteiger partial charge in [0.25, 0.3) is 0 Å². The molecule has 1 saturated carbocycles. The number of nitrogens with one attached hydrogen (secondary N) is 2. The van der Waals surface area contributed by atoms with Gasteiger partial charge in [-0.15, -0.1) is 0 Å². The first kappa shape index (κ1) is 19.3. The van der Waals surface area contributed by atoms with Crippen molar-refractivity contribution in [3.63, 3.8) is 0 Å². The minimum absolute atomic E-state index is 0.166. The van der Waals surface area contributed by atoms with Crippen LogP contribution in [0.3, 0.4) is 0 Å². The fourth-order valence-electron chi connectivity index (χ4n) is 3.36. The molecule has 2 fully saturated rings. The predicted octanol–water partition coefficient (Wildman–Crippen LogP) is 1.45. The molecule has 0 atom stereocenters. The molecule has 1 amide bonds. The Morgan fingerprint density at radius 1 is 1.22 bits per heavy atom. The molecule has 7 heteroatoms. The lowest BCUT2D eigenvalue weighted by molar-refractivity contribution is -0.121. The molecule has 1 heterocycles. The van der Waals surface area contributed by atoms with Crippen molar-refractivity contribution in [2.45, 2.75) is 31.7 Å². The van der Waals surface area contributed by atoms with E-state index in [-0.39, 0.29) is 5.91 Å². The smallest absolute Gasteiger partial charge is 0.220 e. The third-order valence-electron chi connectivity index (χ3n) is 5.02. The molecule has 0 spiro atoms. The Kier molecular flexibility index (Phi) is 6.79. The van der Waals surface area contributed by atoms with Gasteiger partial charge in [0.15, 0.2) is 5.96 Å². The zero-order valence-corrected chi connectivity index (χ0v) is 16.4. The van der Waals surface area contributed by atoms with Crippen LogP contribution in [0.1, 0.15) is 25.7 Å². The van der Waals surface area contributed by atoms with E-state index in [0.717, 1.165) is 69.4 Å². The Morgan fingerprint density at radius 2 is 1.96 bits per heavy atom. The van der Waals surface area contributed by atoms with Crippen LogP contribution in [0.5, 0.6) is 5.75 Å². The van der Waals surface area contributed by atoms with E-state index >= 15 is 0 Å². The molecule has 1 aliphatic carbocycles. The fraction of sp³-hybridized carbons (Fsp3) is 0.600. The van der Waals surface area contributed by atoms with Crippen LogP contribution >= 0.6 is 0 Å². The van der Waals surface area contributed by atoms with Crippen molar-refractivity contribution in [2.24, 2.45) is 4.99 Å². The number of benzene rings is 1. The largest absolute Gasteiger partial charge is 0.495 e. The second-order valence-corrected chi connectivity index (χ2v) is 7.07. The molecule has 0 unspecified atom stereocenters. The van der Waals surface area contributed by atoms with Gasteiger partial charge in [-0.3, -0.25) is 9.79 Å². The molecule has 1 aromatic carbocycles. The van der Waals surface area contributed by atoms with Gasteiger partial charge in [-0.25, -0.2) is 0 Å². The summed E-state index contributed by atoms with van der Waals surface area (Å²) in [4.78, 5) is 20.8. The van der Waals surface area contributed by atoms with Crippen LogP contribution in [-0.4, -0.2) is 69.7 Å². The molecule has 7 nitrogen and oxygen atoms in total. The zero-order valence-electron chi connectivity index (χ0n) is 16.4. The van der Waals surface area contributed by atoms with Crippen LogP contribution in [0.15, 0.2) is 29.3 Å². The highest BCUT2D eigenvalue weighted by Gasteiger charge is 2.23. The minimum Gasteiger partial charge on any atom is -0.495 e. The standard InChI is InChI=1S/C20H31N5O2/c1-21-20(22-11-5-8-19(26)23-16-9-10-16)25-14-12-24(13-15-25)17-6-3-4-7-18(17)27-2/h3-4,6-7,16H,5,8-15H2,1-2H3,(H,21,22)(H,23,26). The van der Waals surface area contributed by atoms with E-state index in [4.69, 9.17) is 4.74 Å². The summed E-state index contributed by atoms with van der Waals surface area (Å²) in [6.07, 6.45) is 3.66. The molecule has 3 rings (SSSR count). The molecular formula is C20H31N5O2. The lowest BCUT2D eigenvalue weighted by Gasteiger charge is -2.38. The van der Waals surface area contributed by atoms with Crippen molar-refractivity contribution in [2.75, 3.05) is 51.8 Å². The molecular weight excluding hydrogens is 342 g/mol. The number of guanidine groups is 1. The maximum atomic E-state index is 11.7. The van der Waals surface area contributed by atoms with Crippen LogP contribution in [0.2, 0.25) is 0 Å². The van der Waals surface area contributed by atoms with Crippen LogP contribution in [-0.2, 0) is 4.79 Å². The zero-order chi connectivity index (χ0) is 19.1. The van der Waals surface area contributed by atoms with E-state index in [1.165, 1.54) is 0 Å². The number of rotatable bonds is 7. The predicted molar refractivity (Wildman–Crippen MR) is 109 cm³/mol. The van der Waals surface area contributed by atoms with Gasteiger partial charge in [-0.2, -0.15) is 0 Å². The molecule has 2 aliphatic rings. The van der Waals surface area contributed by atoms with Gasteiger partial charge in [0, 0.05) is 52.2 Å². The summed E-state index contributed by atoms with van der Waals surface area (Å²) in [5.74, 6) is 2.00. The molecule has 148 valence electrons. The summed E-state index contributed by atoms with van der Waals surface area (Å²) in [7, 11) is 3.53. The number of anilines is 1. The van der Waals surface area contributed by atoms with Crippen molar-refractivity contribution in [3.8, 4) is 5.75 Å². The minimum atomic E-state index is 0.166. The highest BCUT2D eigenvalue weighted by molar-refractivity contribution is 5.80. The quantitative estimate of drug-likeness (QED) is 0.430. The second-order valence-electron chi connectivity index (χ2n) is 7.07. The van der Waals surface area contributed by atoms with Crippen LogP contribution in [0, 0.1) is 0 Å². The number of carbonyl (C=O) groups is 1. The topological polar surface area (TPSA) is 69.2 Å². The van der Waals surface area contributed by atoms with Gasteiger partial charge in [-0.05, 0) is 31.4 Å². The number of para-hydroxylation sites is 2. The Bertz CT molecular complexity index is 652. The van der Waals surface area contributed by atoms with Crippen LogP contribution < -0.4 is 20.3 Å². The second kappa shape index (κ2) is 9.48. The van der Waals surface area contributed by atoms with Gasteiger partial charge in [0.2, 0.25) is 5.91 Å². The first-order valence-corrected chi connectivity index (χ1v) is 9.84. The molecule has 0 radical (unpaired) electrons. The summed E-state index contributed by atoms with van der Waals surface area (Å²) in [5, 5.41) is 6.42. The average molecular weight is 374 g/mol. The number of hydrogen-bond donors (Lipinski definition) is 2. The van der Waals surface area contributed by atoms with Gasteiger partial charge >= 0.3 is 0 Å². The molecule has 1 aliphatic heterocycles. The number of amides is 1. The average Bonchev–Trinajstić information content (AvgIpc) is 3.52. The first-order valence-electron chi connectivity index (χ1n) is 9.84. The van der Waals surface area contributed by atoms with E-state index in [1.54, 1.807) is 7.11 Å². The number of ether oxygens (including phenoxy) is 1. The lowest BCUT2D eigenvalue weighted by Crippen LogP contribution is -2.52. The normalized spacial score (nSPS) is 17.6. The Balaban J connectivity index is 1.41. The molecule has 27 heavy (non-hydrogen) atoms. The third-order valence-corrected chi connectivity index (χ3v) is 5.02. The molecule has 0 bridgehead atoms. The Hall–Kier alpha value is -2.44. The van der Waals surface area contributed by atoms with E-state index in [0.29, 0.717) is 12.5 Å². The Labute approximate surface area is 161 Å². The van der Waals surface area contributed by atoms with E-state index in [2.05, 4.69) is 31.5 Å².